The number of hydrogen-bond donors (Lipinski definition) is 4. The molecule has 1 aliphatic rings. The van der Waals surface area contributed by atoms with E-state index in [1.54, 1.807) is 6.20 Å². The fourth-order valence-corrected chi connectivity index (χ4v) is 4.92. The predicted octanol–water partition coefficient (Wildman–Crippen LogP) is 4.15. The lowest BCUT2D eigenvalue weighted by Crippen LogP contribution is -2.51. The molecule has 40 heavy (non-hydrogen) atoms. The zero-order valence-corrected chi connectivity index (χ0v) is 21.9. The number of hydrogen-bond acceptors (Lipinski definition) is 8. The number of fused-ring (bicyclic) bond motifs is 1. The lowest BCUT2D eigenvalue weighted by Gasteiger charge is -2.36. The van der Waals surface area contributed by atoms with Gasteiger partial charge in [0.2, 0.25) is 5.91 Å². The first kappa shape index (κ1) is 27.4. The summed E-state index contributed by atoms with van der Waals surface area (Å²) in [6, 6.07) is 9.12. The number of anilines is 3. The van der Waals surface area contributed by atoms with Crippen molar-refractivity contribution in [1.82, 2.24) is 25.1 Å². The van der Waals surface area contributed by atoms with Gasteiger partial charge in [-0.3, -0.25) is 9.48 Å². The van der Waals surface area contributed by atoms with Crippen LogP contribution in [-0.2, 0) is 11.3 Å². The van der Waals surface area contributed by atoms with Crippen LogP contribution in [0.15, 0.2) is 55.1 Å². The molecule has 5 rings (SSSR count). The van der Waals surface area contributed by atoms with E-state index in [-0.39, 0.29) is 24.4 Å². The number of benzene rings is 2. The maximum atomic E-state index is 13.8. The van der Waals surface area contributed by atoms with Gasteiger partial charge in [0.15, 0.2) is 11.6 Å². The number of nitrogens with one attached hydrogen (secondary N) is 3. The Balaban J connectivity index is 1.17. The second-order valence-corrected chi connectivity index (χ2v) is 9.88. The summed E-state index contributed by atoms with van der Waals surface area (Å²) in [5.74, 6) is -1.49. The highest BCUT2D eigenvalue weighted by molar-refractivity contribution is 5.92. The predicted molar refractivity (Wildman–Crippen MR) is 146 cm³/mol. The Morgan fingerprint density at radius 1 is 1.12 bits per heavy atom. The van der Waals surface area contributed by atoms with Crippen LogP contribution in [0.5, 0.6) is 5.75 Å². The first-order chi connectivity index (χ1) is 19.4. The summed E-state index contributed by atoms with van der Waals surface area (Å²) >= 11 is 0. The smallest absolute Gasteiger partial charge is 0.246 e. The Labute approximate surface area is 229 Å². The fraction of sp³-hybridized carbons (Fsp3) is 0.357. The molecule has 10 nitrogen and oxygen atoms in total. The molecule has 0 atom stereocenters. The minimum atomic E-state index is -1.12. The highest BCUT2D eigenvalue weighted by atomic mass is 19.2. The Morgan fingerprint density at radius 3 is 2.80 bits per heavy atom. The van der Waals surface area contributed by atoms with Crippen LogP contribution in [0.4, 0.5) is 26.0 Å². The van der Waals surface area contributed by atoms with E-state index in [0.29, 0.717) is 35.9 Å². The summed E-state index contributed by atoms with van der Waals surface area (Å²) in [6.07, 6.45) is 10.0. The number of ether oxygens (including phenoxy) is 1. The topological polar surface area (TPSA) is 126 Å². The van der Waals surface area contributed by atoms with E-state index in [1.807, 2.05) is 18.2 Å². The van der Waals surface area contributed by atoms with Gasteiger partial charge in [0, 0.05) is 29.7 Å². The number of aliphatic hydroxyl groups excluding tert-OH is 1. The van der Waals surface area contributed by atoms with Gasteiger partial charge in [-0.15, -0.1) is 0 Å². The number of aromatic nitrogens is 4. The second kappa shape index (κ2) is 12.3. The molecular formula is C28H31F2N7O3. The number of carbonyl (C=O) groups is 1. The summed E-state index contributed by atoms with van der Waals surface area (Å²) in [5, 5.41) is 23.8. The van der Waals surface area contributed by atoms with Gasteiger partial charge < -0.3 is 25.8 Å². The van der Waals surface area contributed by atoms with Gasteiger partial charge in [-0.05, 0) is 37.1 Å². The van der Waals surface area contributed by atoms with Crippen molar-refractivity contribution >= 4 is 34.0 Å². The van der Waals surface area contributed by atoms with Crippen molar-refractivity contribution in [3.05, 3.63) is 66.8 Å². The van der Waals surface area contributed by atoms with Gasteiger partial charge in [-0.2, -0.15) is 5.10 Å². The molecule has 2 aromatic carbocycles. The summed E-state index contributed by atoms with van der Waals surface area (Å²) in [4.78, 5) is 21.0. The standard InChI is InChI=1S/C28H31F2N7O3/c29-22-5-4-6-23(26(22)30)36-25(39)16-37-15-19(14-34-37)35-27-21-8-7-20(13-24(21)31-18-32-27)40-12-11-33-28(17-38)9-2-1-3-10-28/h4-8,13-15,18,33,38H,1-3,9-12,16-17H2,(H,36,39)(H,31,32,35). The molecule has 0 bridgehead atoms. The number of aliphatic hydroxyl groups is 1. The van der Waals surface area contributed by atoms with Crippen LogP contribution >= 0.6 is 0 Å². The number of rotatable bonds is 11. The van der Waals surface area contributed by atoms with Crippen LogP contribution in [0.25, 0.3) is 10.9 Å². The molecule has 0 spiro atoms. The molecule has 12 heteroatoms. The number of carbonyl (C=O) groups excluding carboxylic acids is 1. The van der Waals surface area contributed by atoms with Crippen molar-refractivity contribution in [1.29, 1.82) is 0 Å². The van der Waals surface area contributed by atoms with Crippen molar-refractivity contribution < 1.29 is 23.4 Å². The Hall–Kier alpha value is -4.16. The molecule has 0 saturated heterocycles. The van der Waals surface area contributed by atoms with Crippen LogP contribution in [-0.4, -0.2) is 56.1 Å². The third-order valence-corrected chi connectivity index (χ3v) is 7.02. The molecule has 0 radical (unpaired) electrons. The Morgan fingerprint density at radius 2 is 1.98 bits per heavy atom. The minimum Gasteiger partial charge on any atom is -0.492 e. The monoisotopic (exact) mass is 551 g/mol. The van der Waals surface area contributed by atoms with Crippen molar-refractivity contribution in [2.75, 3.05) is 30.4 Å². The van der Waals surface area contributed by atoms with Gasteiger partial charge in [-0.25, -0.2) is 18.7 Å². The van der Waals surface area contributed by atoms with Gasteiger partial charge in [0.05, 0.1) is 29.7 Å². The highest BCUT2D eigenvalue weighted by Gasteiger charge is 2.30. The molecule has 4 N–H and O–H groups in total. The van der Waals surface area contributed by atoms with Crippen LogP contribution in [0.2, 0.25) is 0 Å². The summed E-state index contributed by atoms with van der Waals surface area (Å²) in [6.45, 7) is 1.03. The maximum Gasteiger partial charge on any atom is 0.246 e. The molecule has 1 saturated carbocycles. The van der Waals surface area contributed by atoms with E-state index in [2.05, 4.69) is 31.0 Å². The lowest BCUT2D eigenvalue weighted by molar-refractivity contribution is -0.116. The van der Waals surface area contributed by atoms with Crippen LogP contribution in [0.1, 0.15) is 32.1 Å². The first-order valence-corrected chi connectivity index (χ1v) is 13.2. The molecule has 1 amide bonds. The molecule has 2 aromatic heterocycles. The summed E-state index contributed by atoms with van der Waals surface area (Å²) < 4.78 is 34.5. The van der Waals surface area contributed by atoms with Crippen molar-refractivity contribution in [2.24, 2.45) is 0 Å². The summed E-state index contributed by atoms with van der Waals surface area (Å²) in [7, 11) is 0. The normalized spacial score (nSPS) is 14.7. The zero-order valence-electron chi connectivity index (χ0n) is 21.9. The molecule has 4 aromatic rings. The quantitative estimate of drug-likeness (QED) is 0.205. The Bertz CT molecular complexity index is 1470. The second-order valence-electron chi connectivity index (χ2n) is 9.88. The zero-order chi connectivity index (χ0) is 28.0. The molecule has 0 unspecified atom stereocenters. The molecule has 1 fully saturated rings. The third kappa shape index (κ3) is 6.52. The van der Waals surface area contributed by atoms with Crippen molar-refractivity contribution in [2.45, 2.75) is 44.2 Å². The van der Waals surface area contributed by atoms with Crippen LogP contribution < -0.4 is 20.7 Å². The largest absolute Gasteiger partial charge is 0.492 e. The van der Waals surface area contributed by atoms with Crippen molar-refractivity contribution in [3.63, 3.8) is 0 Å². The van der Waals surface area contributed by atoms with Crippen LogP contribution in [0.3, 0.4) is 0 Å². The number of nitrogens with zero attached hydrogens (tertiary/aromatic N) is 4. The Kier molecular flexibility index (Phi) is 8.46. The van der Waals surface area contributed by atoms with Gasteiger partial charge in [0.25, 0.3) is 0 Å². The van der Waals surface area contributed by atoms with Crippen molar-refractivity contribution in [3.8, 4) is 5.75 Å². The van der Waals surface area contributed by atoms with E-state index < -0.39 is 17.5 Å². The van der Waals surface area contributed by atoms with E-state index in [0.717, 1.165) is 37.1 Å². The lowest BCUT2D eigenvalue weighted by atomic mass is 9.82. The number of halogens is 2. The third-order valence-electron chi connectivity index (χ3n) is 7.02. The van der Waals surface area contributed by atoms with E-state index >= 15 is 0 Å². The average Bonchev–Trinajstić information content (AvgIpc) is 3.40. The average molecular weight is 552 g/mol. The SMILES string of the molecule is O=C(Cn1cc(Nc2ncnc3cc(OCCNC4(CO)CCCCC4)ccc23)cn1)Nc1cccc(F)c1F. The molecule has 0 aliphatic heterocycles. The van der Waals surface area contributed by atoms with Gasteiger partial charge in [-0.1, -0.05) is 25.3 Å². The highest BCUT2D eigenvalue weighted by Crippen LogP contribution is 2.28. The fourth-order valence-electron chi connectivity index (χ4n) is 4.92. The minimum absolute atomic E-state index is 0.136. The van der Waals surface area contributed by atoms with Gasteiger partial charge >= 0.3 is 0 Å². The molecular weight excluding hydrogens is 520 g/mol. The van der Waals surface area contributed by atoms with E-state index in [9.17, 15) is 18.7 Å². The number of amides is 1. The first-order valence-electron chi connectivity index (χ1n) is 13.2. The summed E-state index contributed by atoms with van der Waals surface area (Å²) in [5.41, 5.74) is 0.832. The molecule has 1 aliphatic carbocycles. The maximum absolute atomic E-state index is 13.8. The van der Waals surface area contributed by atoms with E-state index in [1.165, 1.54) is 35.8 Å². The molecule has 2 heterocycles. The van der Waals surface area contributed by atoms with E-state index in [4.69, 9.17) is 4.74 Å². The van der Waals surface area contributed by atoms with Crippen LogP contribution in [0, 0.1) is 11.6 Å². The molecule has 210 valence electrons. The van der Waals surface area contributed by atoms with Gasteiger partial charge in [0.1, 0.15) is 31.0 Å².